The Labute approximate surface area is 130 Å². The van der Waals surface area contributed by atoms with Crippen molar-refractivity contribution in [2.24, 2.45) is 5.92 Å². The zero-order valence-electron chi connectivity index (χ0n) is 14.1. The van der Waals surface area contributed by atoms with Gasteiger partial charge in [-0.25, -0.2) is 0 Å². The van der Waals surface area contributed by atoms with Crippen molar-refractivity contribution in [1.29, 1.82) is 0 Å². The Morgan fingerprint density at radius 1 is 1.19 bits per heavy atom. The summed E-state index contributed by atoms with van der Waals surface area (Å²) in [7, 11) is 3.95. The van der Waals surface area contributed by atoms with Gasteiger partial charge in [-0.15, -0.1) is 0 Å². The summed E-state index contributed by atoms with van der Waals surface area (Å²) in [5, 5.41) is 3.54. The lowest BCUT2D eigenvalue weighted by Crippen LogP contribution is -2.46. The van der Waals surface area contributed by atoms with Crippen LogP contribution in [0, 0.1) is 5.92 Å². The third-order valence-electron chi connectivity index (χ3n) is 4.85. The lowest BCUT2D eigenvalue weighted by atomic mass is 9.76. The van der Waals surface area contributed by atoms with E-state index >= 15 is 0 Å². The number of benzene rings is 1. The molecule has 1 aliphatic carbocycles. The van der Waals surface area contributed by atoms with E-state index in [2.05, 4.69) is 50.5 Å². The minimum Gasteiger partial charge on any atom is -0.376 e. The van der Waals surface area contributed by atoms with E-state index in [1.54, 1.807) is 0 Å². The van der Waals surface area contributed by atoms with Crippen molar-refractivity contribution in [3.05, 3.63) is 35.4 Å². The summed E-state index contributed by atoms with van der Waals surface area (Å²) in [5.74, 6) is 0.694. The Hall–Kier alpha value is -0.860. The monoisotopic (exact) mass is 289 g/mol. The normalized spacial score (nSPS) is 19.7. The van der Waals surface area contributed by atoms with Crippen molar-refractivity contribution in [2.75, 3.05) is 14.2 Å². The van der Waals surface area contributed by atoms with Crippen molar-refractivity contribution < 1.29 is 4.74 Å². The molecule has 0 spiro atoms. The lowest BCUT2D eigenvalue weighted by molar-refractivity contribution is -0.0671. The molecule has 1 aromatic carbocycles. The molecular formula is C19H31NO. The quantitative estimate of drug-likeness (QED) is 0.833. The first-order chi connectivity index (χ1) is 10.1. The Kier molecular flexibility index (Phi) is 5.83. The van der Waals surface area contributed by atoms with Crippen LogP contribution < -0.4 is 5.32 Å². The van der Waals surface area contributed by atoms with Crippen LogP contribution in [0.15, 0.2) is 24.3 Å². The van der Waals surface area contributed by atoms with Crippen LogP contribution in [-0.2, 0) is 11.2 Å². The van der Waals surface area contributed by atoms with Gasteiger partial charge in [-0.3, -0.25) is 0 Å². The predicted octanol–water partition coefficient (Wildman–Crippen LogP) is 4.49. The molecule has 2 rings (SSSR count). The smallest absolute Gasteiger partial charge is 0.0872 e. The molecule has 118 valence electrons. The van der Waals surface area contributed by atoms with Gasteiger partial charge in [0.15, 0.2) is 0 Å². The molecule has 2 heteroatoms. The number of hydrogen-bond acceptors (Lipinski definition) is 2. The van der Waals surface area contributed by atoms with E-state index in [-0.39, 0.29) is 11.6 Å². The number of nitrogens with one attached hydrogen (secondary N) is 1. The summed E-state index contributed by atoms with van der Waals surface area (Å²) in [6, 6.07) is 9.35. The first-order valence-corrected chi connectivity index (χ1v) is 8.42. The second-order valence-electron chi connectivity index (χ2n) is 6.89. The third-order valence-corrected chi connectivity index (χ3v) is 4.85. The Balaban J connectivity index is 2.27. The highest BCUT2D eigenvalue weighted by Gasteiger charge is 2.40. The number of hydrogen-bond donors (Lipinski definition) is 1. The molecule has 21 heavy (non-hydrogen) atoms. The molecule has 0 aliphatic heterocycles. The highest BCUT2D eigenvalue weighted by molar-refractivity contribution is 5.29. The van der Waals surface area contributed by atoms with E-state index in [1.165, 1.54) is 30.4 Å². The van der Waals surface area contributed by atoms with Crippen LogP contribution in [0.5, 0.6) is 0 Å². The van der Waals surface area contributed by atoms with Crippen molar-refractivity contribution in [2.45, 2.75) is 64.0 Å². The highest BCUT2D eigenvalue weighted by Crippen LogP contribution is 2.41. The minimum absolute atomic E-state index is 0.0382. The molecule has 2 nitrogen and oxygen atoms in total. The van der Waals surface area contributed by atoms with Crippen molar-refractivity contribution in [1.82, 2.24) is 5.32 Å². The Morgan fingerprint density at radius 2 is 1.90 bits per heavy atom. The molecule has 1 atom stereocenters. The van der Waals surface area contributed by atoms with E-state index in [4.69, 9.17) is 4.74 Å². The summed E-state index contributed by atoms with van der Waals surface area (Å²) >= 11 is 0. The molecule has 0 heterocycles. The second-order valence-corrected chi connectivity index (χ2v) is 6.89. The molecule has 1 fully saturated rings. The predicted molar refractivity (Wildman–Crippen MR) is 89.6 cm³/mol. The molecule has 0 saturated heterocycles. The van der Waals surface area contributed by atoms with Gasteiger partial charge in [-0.05, 0) is 43.4 Å². The van der Waals surface area contributed by atoms with E-state index in [0.29, 0.717) is 5.92 Å². The Bertz CT molecular complexity index is 435. The largest absolute Gasteiger partial charge is 0.376 e. The molecule has 0 bridgehead atoms. The SMILES string of the molecule is CNC(c1cccc(CC(C)C)c1)C1(OC)CCCCC1. The van der Waals surface area contributed by atoms with E-state index in [0.717, 1.165) is 19.3 Å². The first-order valence-electron chi connectivity index (χ1n) is 8.42. The zero-order chi connectivity index (χ0) is 15.3. The number of likely N-dealkylation sites (N-methyl/N-ethyl adjacent to an activating group) is 1. The number of methoxy groups -OCH3 is 1. The van der Waals surface area contributed by atoms with Gasteiger partial charge in [0, 0.05) is 7.11 Å². The topological polar surface area (TPSA) is 21.3 Å². The van der Waals surface area contributed by atoms with Gasteiger partial charge >= 0.3 is 0 Å². The molecule has 1 aliphatic rings. The van der Waals surface area contributed by atoms with E-state index in [9.17, 15) is 0 Å². The number of rotatable bonds is 6. The van der Waals surface area contributed by atoms with E-state index < -0.39 is 0 Å². The lowest BCUT2D eigenvalue weighted by Gasteiger charge is -2.42. The fourth-order valence-corrected chi connectivity index (χ4v) is 3.87. The first kappa shape index (κ1) is 16.5. The molecule has 0 radical (unpaired) electrons. The zero-order valence-corrected chi connectivity index (χ0v) is 14.1. The average Bonchev–Trinajstić information content (AvgIpc) is 2.48. The van der Waals surface area contributed by atoms with Crippen LogP contribution >= 0.6 is 0 Å². The maximum atomic E-state index is 6.04. The summed E-state index contributed by atoms with van der Waals surface area (Å²) in [6.45, 7) is 4.56. The van der Waals surface area contributed by atoms with Gasteiger partial charge in [-0.1, -0.05) is 57.4 Å². The summed E-state index contributed by atoms with van der Waals surface area (Å²) in [4.78, 5) is 0. The maximum Gasteiger partial charge on any atom is 0.0872 e. The van der Waals surface area contributed by atoms with Gasteiger partial charge < -0.3 is 10.1 Å². The van der Waals surface area contributed by atoms with Crippen LogP contribution in [0.4, 0.5) is 0 Å². The van der Waals surface area contributed by atoms with Crippen molar-refractivity contribution in [3.8, 4) is 0 Å². The fourth-order valence-electron chi connectivity index (χ4n) is 3.87. The molecule has 0 aromatic heterocycles. The molecular weight excluding hydrogens is 258 g/mol. The number of ether oxygens (including phenoxy) is 1. The second kappa shape index (κ2) is 7.42. The van der Waals surface area contributed by atoms with Gasteiger partial charge in [-0.2, -0.15) is 0 Å². The minimum atomic E-state index is -0.0382. The van der Waals surface area contributed by atoms with Crippen LogP contribution in [0.25, 0.3) is 0 Å². The van der Waals surface area contributed by atoms with Crippen LogP contribution in [0.3, 0.4) is 0 Å². The maximum absolute atomic E-state index is 6.04. The highest BCUT2D eigenvalue weighted by atomic mass is 16.5. The van der Waals surface area contributed by atoms with E-state index in [1.807, 2.05) is 7.11 Å². The summed E-state index contributed by atoms with van der Waals surface area (Å²) in [5.41, 5.74) is 2.77. The van der Waals surface area contributed by atoms with Gasteiger partial charge in [0.05, 0.1) is 11.6 Å². The summed E-state index contributed by atoms with van der Waals surface area (Å²) in [6.07, 6.45) is 7.35. The standard InChI is InChI=1S/C19H31NO/c1-15(2)13-16-9-8-10-17(14-16)18(20-3)19(21-4)11-6-5-7-12-19/h8-10,14-15,18,20H,5-7,11-13H2,1-4H3. The van der Waals surface area contributed by atoms with Crippen LogP contribution in [0.1, 0.15) is 63.1 Å². The average molecular weight is 289 g/mol. The van der Waals surface area contributed by atoms with Gasteiger partial charge in [0.1, 0.15) is 0 Å². The van der Waals surface area contributed by atoms with Crippen molar-refractivity contribution in [3.63, 3.8) is 0 Å². The molecule has 1 unspecified atom stereocenters. The van der Waals surface area contributed by atoms with Crippen LogP contribution in [-0.4, -0.2) is 19.8 Å². The molecule has 1 aromatic rings. The van der Waals surface area contributed by atoms with Gasteiger partial charge in [0.2, 0.25) is 0 Å². The molecule has 1 N–H and O–H groups in total. The third kappa shape index (κ3) is 3.87. The molecule has 1 saturated carbocycles. The summed E-state index contributed by atoms with van der Waals surface area (Å²) < 4.78 is 6.04. The fraction of sp³-hybridized carbons (Fsp3) is 0.684. The van der Waals surface area contributed by atoms with Crippen molar-refractivity contribution >= 4 is 0 Å². The molecule has 0 amide bonds. The Morgan fingerprint density at radius 3 is 2.48 bits per heavy atom. The van der Waals surface area contributed by atoms with Gasteiger partial charge in [0.25, 0.3) is 0 Å². The van der Waals surface area contributed by atoms with Crippen LogP contribution in [0.2, 0.25) is 0 Å².